The number of urea groups is 1. The molecule has 1 unspecified atom stereocenters. The first-order chi connectivity index (χ1) is 16.2. The number of pyridine rings is 1. The van der Waals surface area contributed by atoms with Gasteiger partial charge in [0.1, 0.15) is 0 Å². The number of nitrogens with one attached hydrogen (secondary N) is 2. The predicted octanol–water partition coefficient (Wildman–Crippen LogP) is 7.25. The largest absolute Gasteiger partial charge is 0.329 e. The van der Waals surface area contributed by atoms with E-state index < -0.39 is 5.54 Å². The van der Waals surface area contributed by atoms with Gasteiger partial charge >= 0.3 is 6.03 Å². The Kier molecular flexibility index (Phi) is 8.11. The van der Waals surface area contributed by atoms with Crippen LogP contribution in [0.4, 0.5) is 10.5 Å². The number of amides is 2. The van der Waals surface area contributed by atoms with Crippen LogP contribution in [0.2, 0.25) is 5.02 Å². The molecule has 6 heteroatoms. The molecule has 5 nitrogen and oxygen atoms in total. The highest BCUT2D eigenvalue weighted by atomic mass is 35.5. The third-order valence-electron chi connectivity index (χ3n) is 6.18. The van der Waals surface area contributed by atoms with Crippen LogP contribution in [-0.2, 0) is 12.0 Å². The molecule has 1 aromatic heterocycles. The Morgan fingerprint density at radius 2 is 1.76 bits per heavy atom. The number of hydrogen-bond acceptors (Lipinski definition) is 3. The summed E-state index contributed by atoms with van der Waals surface area (Å²) in [6, 6.07) is 14.8. The van der Waals surface area contributed by atoms with Gasteiger partial charge in [-0.05, 0) is 67.6 Å². The van der Waals surface area contributed by atoms with Gasteiger partial charge in [-0.15, -0.1) is 0 Å². The van der Waals surface area contributed by atoms with Gasteiger partial charge in [0, 0.05) is 35.1 Å². The van der Waals surface area contributed by atoms with Crippen LogP contribution in [0.3, 0.4) is 0 Å². The Balaban J connectivity index is 1.71. The lowest BCUT2D eigenvalue weighted by molar-refractivity contribution is 0.0926. The van der Waals surface area contributed by atoms with Crippen LogP contribution in [0, 0.1) is 5.92 Å². The highest BCUT2D eigenvalue weighted by Gasteiger charge is 2.23. The quantitative estimate of drug-likeness (QED) is 0.335. The maximum absolute atomic E-state index is 12.8. The smallest absolute Gasteiger partial charge is 0.319 e. The number of Topliss-reactive ketones (excluding diaryl/α,β-unsaturated/α-hetero) is 1. The normalized spacial score (nSPS) is 12.2. The van der Waals surface area contributed by atoms with Crippen molar-refractivity contribution in [2.24, 2.45) is 5.92 Å². The molecule has 2 N–H and O–H groups in total. The van der Waals surface area contributed by atoms with Crippen molar-refractivity contribution in [1.29, 1.82) is 0 Å². The molecule has 0 spiro atoms. The maximum Gasteiger partial charge on any atom is 0.319 e. The molecule has 34 heavy (non-hydrogen) atoms. The van der Waals surface area contributed by atoms with Crippen LogP contribution in [0.25, 0.3) is 11.1 Å². The Hall–Kier alpha value is -3.18. The first-order valence-electron chi connectivity index (χ1n) is 11.6. The monoisotopic (exact) mass is 477 g/mol. The minimum Gasteiger partial charge on any atom is -0.329 e. The number of aromatic nitrogens is 1. The van der Waals surface area contributed by atoms with Gasteiger partial charge in [0.05, 0.1) is 10.6 Å². The first-order valence-corrected chi connectivity index (χ1v) is 12.0. The molecule has 1 heterocycles. The van der Waals surface area contributed by atoms with Crippen molar-refractivity contribution in [2.75, 3.05) is 5.32 Å². The molecule has 0 fully saturated rings. The number of halogens is 1. The highest BCUT2D eigenvalue weighted by Crippen LogP contribution is 2.29. The number of aryl methyl sites for hydroxylation is 1. The molecule has 0 bridgehead atoms. The lowest BCUT2D eigenvalue weighted by atomic mass is 9.92. The van der Waals surface area contributed by atoms with Crippen LogP contribution < -0.4 is 10.6 Å². The summed E-state index contributed by atoms with van der Waals surface area (Å²) in [6.45, 7) is 9.87. The third kappa shape index (κ3) is 5.84. The molecule has 3 aromatic rings. The number of hydrogen-bond donors (Lipinski definition) is 2. The van der Waals surface area contributed by atoms with Gasteiger partial charge < -0.3 is 10.6 Å². The van der Waals surface area contributed by atoms with Crippen molar-refractivity contribution in [3.63, 3.8) is 0 Å². The van der Waals surface area contributed by atoms with Crippen LogP contribution in [-0.4, -0.2) is 16.8 Å². The van der Waals surface area contributed by atoms with Gasteiger partial charge in [0.15, 0.2) is 5.78 Å². The number of carbonyl (C=O) groups excluding carboxylic acids is 2. The van der Waals surface area contributed by atoms with Gasteiger partial charge in [0.2, 0.25) is 0 Å². The number of rotatable bonds is 8. The molecule has 0 aliphatic rings. The van der Waals surface area contributed by atoms with Gasteiger partial charge in [-0.2, -0.15) is 0 Å². The predicted molar refractivity (Wildman–Crippen MR) is 139 cm³/mol. The fourth-order valence-corrected chi connectivity index (χ4v) is 4.04. The van der Waals surface area contributed by atoms with E-state index in [0.717, 1.165) is 34.2 Å². The van der Waals surface area contributed by atoms with Crippen molar-refractivity contribution >= 4 is 29.1 Å². The van der Waals surface area contributed by atoms with E-state index in [4.69, 9.17) is 11.6 Å². The van der Waals surface area contributed by atoms with E-state index in [1.165, 1.54) is 0 Å². The average Bonchev–Trinajstić information content (AvgIpc) is 2.83. The summed E-state index contributed by atoms with van der Waals surface area (Å²) in [5.41, 5.74) is 4.50. The molecule has 2 aromatic carbocycles. The second-order valence-electron chi connectivity index (χ2n) is 9.04. The van der Waals surface area contributed by atoms with Crippen molar-refractivity contribution in [2.45, 2.75) is 53.0 Å². The van der Waals surface area contributed by atoms with E-state index >= 15 is 0 Å². The van der Waals surface area contributed by atoms with Gasteiger partial charge in [-0.1, -0.05) is 56.6 Å². The molecule has 3 rings (SSSR count). The van der Waals surface area contributed by atoms with Crippen molar-refractivity contribution in [3.8, 4) is 11.1 Å². The number of benzene rings is 2. The lowest BCUT2D eigenvalue weighted by Gasteiger charge is -2.27. The molecule has 0 saturated heterocycles. The van der Waals surface area contributed by atoms with Gasteiger partial charge in [-0.3, -0.25) is 9.78 Å². The van der Waals surface area contributed by atoms with Crippen molar-refractivity contribution in [3.05, 3.63) is 82.6 Å². The molecule has 2 amide bonds. The van der Waals surface area contributed by atoms with E-state index in [0.29, 0.717) is 17.1 Å². The summed E-state index contributed by atoms with van der Waals surface area (Å²) in [4.78, 5) is 29.6. The molecular weight excluding hydrogens is 446 g/mol. The SMILES string of the molecule is CCc1cc(NC(=O)NC(C)(C)c2ccc(-c3cnccc3Cl)cc2)ccc1C(=O)C(C)CC. The number of anilines is 1. The second-order valence-corrected chi connectivity index (χ2v) is 9.44. The zero-order chi connectivity index (χ0) is 24.9. The van der Waals surface area contributed by atoms with Crippen molar-refractivity contribution < 1.29 is 9.59 Å². The summed E-state index contributed by atoms with van der Waals surface area (Å²) < 4.78 is 0. The average molecular weight is 478 g/mol. The molecule has 178 valence electrons. The van der Waals surface area contributed by atoms with Crippen LogP contribution in [0.5, 0.6) is 0 Å². The van der Waals surface area contributed by atoms with Crippen LogP contribution in [0.1, 0.15) is 62.5 Å². The fraction of sp³-hybridized carbons (Fsp3) is 0.321. The third-order valence-corrected chi connectivity index (χ3v) is 6.51. The molecule has 0 aliphatic heterocycles. The standard InChI is InChI=1S/C28H32ClN3O2/c1-6-18(3)26(33)23-13-12-22(16-19(23)7-2)31-27(34)32-28(4,5)21-10-8-20(9-11-21)24-17-30-15-14-25(24)29/h8-18H,6-7H2,1-5H3,(H2,31,32,34). The van der Waals surface area contributed by atoms with E-state index in [9.17, 15) is 9.59 Å². The summed E-state index contributed by atoms with van der Waals surface area (Å²) in [5.74, 6) is 0.126. The molecule has 0 aliphatic carbocycles. The van der Waals surface area contributed by atoms with E-state index in [1.807, 2.05) is 71.0 Å². The van der Waals surface area contributed by atoms with E-state index in [-0.39, 0.29) is 17.7 Å². The number of nitrogens with zero attached hydrogens (tertiary/aromatic N) is 1. The van der Waals surface area contributed by atoms with Crippen molar-refractivity contribution in [1.82, 2.24) is 10.3 Å². The van der Waals surface area contributed by atoms with Crippen LogP contribution >= 0.6 is 11.6 Å². The van der Waals surface area contributed by atoms with Gasteiger partial charge in [0.25, 0.3) is 0 Å². The first kappa shape index (κ1) is 25.4. The minimum absolute atomic E-state index is 0.0197. The molecule has 0 radical (unpaired) electrons. The molecular formula is C28H32ClN3O2. The fourth-order valence-electron chi connectivity index (χ4n) is 3.83. The van der Waals surface area contributed by atoms with E-state index in [1.54, 1.807) is 24.5 Å². The van der Waals surface area contributed by atoms with Gasteiger partial charge in [-0.25, -0.2) is 4.79 Å². The number of carbonyl (C=O) groups is 2. The number of ketones is 1. The topological polar surface area (TPSA) is 71.1 Å². The van der Waals surface area contributed by atoms with E-state index in [2.05, 4.69) is 15.6 Å². The summed E-state index contributed by atoms with van der Waals surface area (Å²) in [5, 5.41) is 6.59. The zero-order valence-corrected chi connectivity index (χ0v) is 21.2. The Morgan fingerprint density at radius 1 is 1.06 bits per heavy atom. The Morgan fingerprint density at radius 3 is 2.38 bits per heavy atom. The van der Waals surface area contributed by atoms with Crippen LogP contribution in [0.15, 0.2) is 60.9 Å². The highest BCUT2D eigenvalue weighted by molar-refractivity contribution is 6.33. The lowest BCUT2D eigenvalue weighted by Crippen LogP contribution is -2.43. The summed E-state index contributed by atoms with van der Waals surface area (Å²) >= 11 is 6.28. The minimum atomic E-state index is -0.610. The summed E-state index contributed by atoms with van der Waals surface area (Å²) in [7, 11) is 0. The molecule has 1 atom stereocenters. The Labute approximate surface area is 207 Å². The summed E-state index contributed by atoms with van der Waals surface area (Å²) in [6.07, 6.45) is 4.91. The zero-order valence-electron chi connectivity index (χ0n) is 20.4. The Bertz CT molecular complexity index is 1170. The molecule has 0 saturated carbocycles. The maximum atomic E-state index is 12.8. The second kappa shape index (κ2) is 10.8.